The van der Waals surface area contributed by atoms with Crippen molar-refractivity contribution in [1.29, 1.82) is 0 Å². The van der Waals surface area contributed by atoms with Crippen molar-refractivity contribution in [3.05, 3.63) is 59.3 Å². The van der Waals surface area contributed by atoms with Gasteiger partial charge in [-0.15, -0.1) is 0 Å². The van der Waals surface area contributed by atoms with E-state index in [2.05, 4.69) is 5.32 Å². The van der Waals surface area contributed by atoms with Gasteiger partial charge < -0.3 is 20.7 Å². The second-order valence-electron chi connectivity index (χ2n) is 3.81. The van der Waals surface area contributed by atoms with Crippen molar-refractivity contribution in [3.8, 4) is 0 Å². The summed E-state index contributed by atoms with van der Waals surface area (Å²) in [6, 6.07) is 13.9. The highest BCUT2D eigenvalue weighted by atomic mass is 16.5. The number of carbonyl (C=O) groups excluding carboxylic acids is 1. The van der Waals surface area contributed by atoms with Gasteiger partial charge in [-0.3, -0.25) is 0 Å². The number of hydrogen-bond donors (Lipinski definition) is 2. The summed E-state index contributed by atoms with van der Waals surface area (Å²) < 4.78 is 4.71. The number of rotatable bonds is 4. The summed E-state index contributed by atoms with van der Waals surface area (Å²) in [4.78, 5) is 11.6. The number of hydrogen-bond acceptors (Lipinski definition) is 5. The first-order valence-corrected chi connectivity index (χ1v) is 5.68. The molecule has 0 bridgehead atoms. The molecule has 0 aliphatic carbocycles. The van der Waals surface area contributed by atoms with E-state index in [1.54, 1.807) is 48.5 Å². The Balaban J connectivity index is 2.36. The summed E-state index contributed by atoms with van der Waals surface area (Å²) in [6.07, 6.45) is 0. The zero-order chi connectivity index (χ0) is 13.7. The minimum Gasteiger partial charge on any atom is -0.761 e. The van der Waals surface area contributed by atoms with Crippen molar-refractivity contribution in [2.24, 2.45) is 0 Å². The Hall–Kier alpha value is -2.53. The lowest BCUT2D eigenvalue weighted by atomic mass is 10.1. The maximum atomic E-state index is 11.6. The molecule has 0 unspecified atom stereocenters. The number of nitrogens with one attached hydrogen (secondary N) is 2. The highest BCUT2D eigenvalue weighted by Crippen LogP contribution is 2.27. The lowest BCUT2D eigenvalue weighted by Crippen LogP contribution is -2.06. The molecule has 0 atom stereocenters. The topological polar surface area (TPSA) is 73.4 Å². The first-order chi connectivity index (χ1) is 9.26. The first-order valence-electron chi connectivity index (χ1n) is 5.68. The number of benzene rings is 2. The molecule has 5 heteroatoms. The van der Waals surface area contributed by atoms with Crippen LogP contribution in [-0.2, 0) is 4.74 Å². The van der Waals surface area contributed by atoms with Gasteiger partial charge in [0.1, 0.15) is 0 Å². The van der Waals surface area contributed by atoms with Crippen LogP contribution in [0.1, 0.15) is 10.4 Å². The molecule has 2 N–H and O–H groups in total. The second kappa shape index (κ2) is 5.88. The van der Waals surface area contributed by atoms with Gasteiger partial charge in [-0.25, -0.2) is 4.79 Å². The predicted octanol–water partition coefficient (Wildman–Crippen LogP) is 3.13. The third-order valence-electron chi connectivity index (χ3n) is 2.64. The van der Waals surface area contributed by atoms with Crippen LogP contribution in [0.25, 0.3) is 0 Å². The van der Waals surface area contributed by atoms with Crippen molar-refractivity contribution in [1.82, 2.24) is 0 Å². The summed E-state index contributed by atoms with van der Waals surface area (Å²) in [5.74, 6) is -0.435. The lowest BCUT2D eigenvalue weighted by Gasteiger charge is -2.17. The van der Waals surface area contributed by atoms with Crippen molar-refractivity contribution in [3.63, 3.8) is 0 Å². The maximum Gasteiger partial charge on any atom is 0.339 e. The van der Waals surface area contributed by atoms with E-state index in [1.165, 1.54) is 7.11 Å². The summed E-state index contributed by atoms with van der Waals surface area (Å²) in [6.45, 7) is 0. The van der Waals surface area contributed by atoms with Crippen molar-refractivity contribution in [2.45, 2.75) is 0 Å². The van der Waals surface area contributed by atoms with Crippen LogP contribution in [0.5, 0.6) is 0 Å². The van der Waals surface area contributed by atoms with E-state index in [9.17, 15) is 10.0 Å². The van der Waals surface area contributed by atoms with E-state index in [4.69, 9.17) is 4.74 Å². The van der Waals surface area contributed by atoms with Gasteiger partial charge in [0.2, 0.25) is 0 Å². The molecule has 0 radical (unpaired) electrons. The Morgan fingerprint density at radius 1 is 1.00 bits per heavy atom. The van der Waals surface area contributed by atoms with Crippen LogP contribution in [0.2, 0.25) is 0 Å². The van der Waals surface area contributed by atoms with Gasteiger partial charge >= 0.3 is 5.97 Å². The maximum absolute atomic E-state index is 11.6. The van der Waals surface area contributed by atoms with Gasteiger partial charge in [0, 0.05) is 5.69 Å². The molecule has 0 heterocycles. The summed E-state index contributed by atoms with van der Waals surface area (Å²) in [5, 5.41) is 13.9. The molecule has 0 aliphatic heterocycles. The molecular weight excluding hydrogens is 244 g/mol. The number of para-hydroxylation sites is 3. The monoisotopic (exact) mass is 257 g/mol. The Kier molecular flexibility index (Phi) is 4.00. The molecule has 2 aromatic carbocycles. The van der Waals surface area contributed by atoms with Crippen LogP contribution in [-0.4, -0.2) is 13.1 Å². The molecule has 2 rings (SSSR count). The number of methoxy groups -OCH3 is 1. The standard InChI is InChI=1S/C14H13N2O3/c1-19-14(17)10-6-2-3-7-11(10)15-12-8-4-5-9-13(12)16-18/h2-9,15-16H,1H3/q-1. The molecule has 19 heavy (non-hydrogen) atoms. The zero-order valence-electron chi connectivity index (χ0n) is 10.3. The van der Waals surface area contributed by atoms with Gasteiger partial charge in [0.05, 0.1) is 24.0 Å². The average Bonchev–Trinajstić information content (AvgIpc) is 2.47. The second-order valence-corrected chi connectivity index (χ2v) is 3.81. The predicted molar refractivity (Wildman–Crippen MR) is 74.5 cm³/mol. The van der Waals surface area contributed by atoms with Gasteiger partial charge in [0.15, 0.2) is 0 Å². The Morgan fingerprint density at radius 3 is 2.21 bits per heavy atom. The molecule has 0 spiro atoms. The molecule has 0 saturated carbocycles. The highest BCUT2D eigenvalue weighted by molar-refractivity contribution is 5.97. The fraction of sp³-hybridized carbons (Fsp3) is 0.0714. The van der Waals surface area contributed by atoms with Crippen molar-refractivity contribution >= 4 is 23.0 Å². The number of ether oxygens (including phenoxy) is 1. The highest BCUT2D eigenvalue weighted by Gasteiger charge is 2.11. The van der Waals surface area contributed by atoms with Gasteiger partial charge in [0.25, 0.3) is 0 Å². The minimum absolute atomic E-state index is 0.405. The Labute approximate surface area is 110 Å². The zero-order valence-corrected chi connectivity index (χ0v) is 10.3. The van der Waals surface area contributed by atoms with E-state index in [1.807, 2.05) is 5.48 Å². The number of esters is 1. The average molecular weight is 257 g/mol. The third-order valence-corrected chi connectivity index (χ3v) is 2.64. The van der Waals surface area contributed by atoms with Crippen molar-refractivity contribution in [2.75, 3.05) is 17.9 Å². The molecular formula is C14H13N2O3-. The van der Waals surface area contributed by atoms with E-state index in [0.717, 1.165) is 0 Å². The molecule has 2 aromatic rings. The number of anilines is 3. The van der Waals surface area contributed by atoms with E-state index >= 15 is 0 Å². The van der Waals surface area contributed by atoms with Crippen LogP contribution in [0.4, 0.5) is 17.1 Å². The summed E-state index contributed by atoms with van der Waals surface area (Å²) >= 11 is 0. The third kappa shape index (κ3) is 2.83. The SMILES string of the molecule is COC(=O)c1ccccc1Nc1ccccc1N[O-]. The fourth-order valence-electron chi connectivity index (χ4n) is 1.71. The largest absolute Gasteiger partial charge is 0.761 e. The van der Waals surface area contributed by atoms with Crippen LogP contribution in [0.3, 0.4) is 0 Å². The van der Waals surface area contributed by atoms with Gasteiger partial charge in [-0.05, 0) is 24.3 Å². The van der Waals surface area contributed by atoms with Gasteiger partial charge in [-0.1, -0.05) is 24.3 Å². The number of carbonyl (C=O) groups is 1. The molecule has 0 fully saturated rings. The minimum atomic E-state index is -0.435. The molecule has 5 nitrogen and oxygen atoms in total. The van der Waals surface area contributed by atoms with Crippen LogP contribution in [0, 0.1) is 5.21 Å². The normalized spacial score (nSPS) is 9.79. The van der Waals surface area contributed by atoms with E-state index < -0.39 is 5.97 Å². The lowest BCUT2D eigenvalue weighted by molar-refractivity contribution is 0.0602. The van der Waals surface area contributed by atoms with E-state index in [0.29, 0.717) is 22.6 Å². The molecule has 0 saturated heterocycles. The van der Waals surface area contributed by atoms with Crippen LogP contribution >= 0.6 is 0 Å². The molecule has 0 aromatic heterocycles. The Morgan fingerprint density at radius 2 is 1.58 bits per heavy atom. The van der Waals surface area contributed by atoms with Gasteiger partial charge in [-0.2, -0.15) is 0 Å². The summed E-state index contributed by atoms with van der Waals surface area (Å²) in [5.41, 5.74) is 3.83. The molecule has 98 valence electrons. The molecule has 0 aliphatic rings. The fourth-order valence-corrected chi connectivity index (χ4v) is 1.71. The summed E-state index contributed by atoms with van der Waals surface area (Å²) in [7, 11) is 1.33. The molecule has 0 amide bonds. The van der Waals surface area contributed by atoms with Crippen LogP contribution < -0.4 is 10.8 Å². The smallest absolute Gasteiger partial charge is 0.339 e. The van der Waals surface area contributed by atoms with E-state index in [-0.39, 0.29) is 0 Å². The van der Waals surface area contributed by atoms with Crippen molar-refractivity contribution < 1.29 is 9.53 Å². The Bertz CT molecular complexity index is 584. The van der Waals surface area contributed by atoms with Crippen LogP contribution in [0.15, 0.2) is 48.5 Å². The first kappa shape index (κ1) is 12.9. The quantitative estimate of drug-likeness (QED) is 0.650.